The summed E-state index contributed by atoms with van der Waals surface area (Å²) in [7, 11) is 0. The van der Waals surface area contributed by atoms with Crippen LogP contribution in [0.1, 0.15) is 54.6 Å². The zero-order valence-corrected chi connectivity index (χ0v) is 12.0. The maximum atomic E-state index is 12.6. The first-order valence-corrected chi connectivity index (χ1v) is 7.10. The number of ketones is 1. The number of carbonyl (C=O) groups excluding carboxylic acids is 1. The van der Waals surface area contributed by atoms with Gasteiger partial charge in [0, 0.05) is 11.5 Å². The van der Waals surface area contributed by atoms with Gasteiger partial charge in [-0.05, 0) is 57.1 Å². The summed E-state index contributed by atoms with van der Waals surface area (Å²) in [6.07, 6.45) is 3.33. The Labute approximate surface area is 111 Å². The molecule has 1 aliphatic rings. The molecule has 1 nitrogen and oxygen atoms in total. The highest BCUT2D eigenvalue weighted by Crippen LogP contribution is 2.35. The van der Waals surface area contributed by atoms with Gasteiger partial charge < -0.3 is 0 Å². The van der Waals surface area contributed by atoms with Crippen LogP contribution in [0.4, 0.5) is 0 Å². The third kappa shape index (κ3) is 2.82. The van der Waals surface area contributed by atoms with E-state index in [1.165, 1.54) is 17.5 Å². The molecule has 0 aliphatic heterocycles. The molecule has 1 heteroatoms. The van der Waals surface area contributed by atoms with E-state index in [1.54, 1.807) is 0 Å². The van der Waals surface area contributed by atoms with E-state index in [0.717, 1.165) is 24.3 Å². The van der Waals surface area contributed by atoms with E-state index < -0.39 is 0 Å². The number of rotatable bonds is 2. The number of hydrogen-bond donors (Lipinski definition) is 0. The Bertz CT molecular complexity index is 427. The maximum absolute atomic E-state index is 12.6. The predicted molar refractivity (Wildman–Crippen MR) is 75.9 cm³/mol. The van der Waals surface area contributed by atoms with Crippen molar-refractivity contribution in [2.75, 3.05) is 0 Å². The van der Waals surface area contributed by atoms with Crippen molar-refractivity contribution in [3.63, 3.8) is 0 Å². The molecular weight excluding hydrogens is 220 g/mol. The Hall–Kier alpha value is -1.11. The fraction of sp³-hybridized carbons (Fsp3) is 0.588. The van der Waals surface area contributed by atoms with E-state index in [-0.39, 0.29) is 5.92 Å². The zero-order valence-electron chi connectivity index (χ0n) is 12.0. The third-order valence-electron chi connectivity index (χ3n) is 4.48. The van der Waals surface area contributed by atoms with Gasteiger partial charge in [-0.1, -0.05) is 31.0 Å². The number of Topliss-reactive ketones (excluding diaryl/α,β-unsaturated/α-hetero) is 1. The average Bonchev–Trinajstić information content (AvgIpc) is 2.30. The molecule has 1 saturated carbocycles. The summed E-state index contributed by atoms with van der Waals surface area (Å²) >= 11 is 0. The number of carbonyl (C=O) groups is 1. The highest BCUT2D eigenvalue weighted by Gasteiger charge is 2.29. The van der Waals surface area contributed by atoms with Crippen molar-refractivity contribution in [1.29, 1.82) is 0 Å². The molecule has 0 amide bonds. The normalized spacial score (nSPS) is 28.1. The van der Waals surface area contributed by atoms with E-state index in [1.807, 2.05) is 12.1 Å². The highest BCUT2D eigenvalue weighted by molar-refractivity contribution is 5.98. The van der Waals surface area contributed by atoms with Gasteiger partial charge in [0.1, 0.15) is 0 Å². The van der Waals surface area contributed by atoms with Crippen molar-refractivity contribution >= 4 is 5.78 Å². The minimum absolute atomic E-state index is 0.248. The molecule has 18 heavy (non-hydrogen) atoms. The van der Waals surface area contributed by atoms with Gasteiger partial charge in [0.2, 0.25) is 0 Å². The Morgan fingerprint density at radius 3 is 2.17 bits per heavy atom. The summed E-state index contributed by atoms with van der Waals surface area (Å²) in [5.74, 6) is 2.06. The Morgan fingerprint density at radius 1 is 1.00 bits per heavy atom. The standard InChI is InChI=1S/C17H24O/c1-11-7-12(2)9-16(8-11)17(18)15-6-5-13(3)14(4)10-15/h7-9,13-15H,5-6,10H2,1-4H3. The number of hydrogen-bond acceptors (Lipinski definition) is 1. The van der Waals surface area contributed by atoms with Crippen molar-refractivity contribution in [2.24, 2.45) is 17.8 Å². The van der Waals surface area contributed by atoms with Gasteiger partial charge in [0.05, 0.1) is 0 Å². The van der Waals surface area contributed by atoms with Crippen LogP contribution >= 0.6 is 0 Å². The topological polar surface area (TPSA) is 17.1 Å². The van der Waals surface area contributed by atoms with Gasteiger partial charge in [-0.2, -0.15) is 0 Å². The van der Waals surface area contributed by atoms with Gasteiger partial charge in [0.25, 0.3) is 0 Å². The van der Waals surface area contributed by atoms with Crippen LogP contribution < -0.4 is 0 Å². The lowest BCUT2D eigenvalue weighted by molar-refractivity contribution is 0.0837. The molecular formula is C17H24O. The van der Waals surface area contributed by atoms with Crippen LogP contribution in [0.2, 0.25) is 0 Å². The van der Waals surface area contributed by atoms with Gasteiger partial charge in [0.15, 0.2) is 5.78 Å². The molecule has 0 heterocycles. The molecule has 3 atom stereocenters. The van der Waals surface area contributed by atoms with Crippen LogP contribution in [-0.2, 0) is 0 Å². The molecule has 98 valence electrons. The third-order valence-corrected chi connectivity index (χ3v) is 4.48. The second-order valence-electron chi connectivity index (χ2n) is 6.21. The molecule has 0 aromatic heterocycles. The summed E-state index contributed by atoms with van der Waals surface area (Å²) in [6, 6.07) is 6.21. The largest absolute Gasteiger partial charge is 0.294 e. The molecule has 0 bridgehead atoms. The predicted octanol–water partition coefficient (Wildman–Crippen LogP) is 4.56. The minimum atomic E-state index is 0.248. The quantitative estimate of drug-likeness (QED) is 0.697. The fourth-order valence-corrected chi connectivity index (χ4v) is 3.14. The summed E-state index contributed by atoms with van der Waals surface area (Å²) in [5, 5.41) is 0. The molecule has 0 saturated heterocycles. The van der Waals surface area contributed by atoms with Crippen LogP contribution in [0, 0.1) is 31.6 Å². The van der Waals surface area contributed by atoms with E-state index in [2.05, 4.69) is 33.8 Å². The molecule has 1 aromatic rings. The molecule has 1 fully saturated rings. The number of benzene rings is 1. The van der Waals surface area contributed by atoms with Gasteiger partial charge in [-0.25, -0.2) is 0 Å². The smallest absolute Gasteiger partial charge is 0.165 e. The summed E-state index contributed by atoms with van der Waals surface area (Å²) in [6.45, 7) is 8.72. The van der Waals surface area contributed by atoms with E-state index in [0.29, 0.717) is 11.7 Å². The summed E-state index contributed by atoms with van der Waals surface area (Å²) < 4.78 is 0. The van der Waals surface area contributed by atoms with Crippen LogP contribution in [0.25, 0.3) is 0 Å². The SMILES string of the molecule is Cc1cc(C)cc(C(=O)C2CCC(C)C(C)C2)c1. The first kappa shape index (κ1) is 13.3. The van der Waals surface area contributed by atoms with Crippen LogP contribution in [0.5, 0.6) is 0 Å². The van der Waals surface area contributed by atoms with Crippen molar-refractivity contribution < 1.29 is 4.79 Å². The highest BCUT2D eigenvalue weighted by atomic mass is 16.1. The molecule has 0 radical (unpaired) electrons. The Kier molecular flexibility index (Phi) is 3.89. The molecule has 3 unspecified atom stereocenters. The first-order chi connectivity index (χ1) is 8.47. The average molecular weight is 244 g/mol. The van der Waals surface area contributed by atoms with E-state index in [9.17, 15) is 4.79 Å². The molecule has 1 aliphatic carbocycles. The maximum Gasteiger partial charge on any atom is 0.165 e. The van der Waals surface area contributed by atoms with Crippen LogP contribution in [-0.4, -0.2) is 5.78 Å². The monoisotopic (exact) mass is 244 g/mol. The second-order valence-corrected chi connectivity index (χ2v) is 6.21. The second kappa shape index (κ2) is 5.26. The Balaban J connectivity index is 2.16. The molecule has 0 N–H and O–H groups in total. The number of aryl methyl sites for hydroxylation is 2. The first-order valence-electron chi connectivity index (χ1n) is 7.10. The van der Waals surface area contributed by atoms with Gasteiger partial charge >= 0.3 is 0 Å². The lowest BCUT2D eigenvalue weighted by Crippen LogP contribution is -2.26. The summed E-state index contributed by atoms with van der Waals surface area (Å²) in [5.41, 5.74) is 3.30. The van der Waals surface area contributed by atoms with Crippen LogP contribution in [0.15, 0.2) is 18.2 Å². The van der Waals surface area contributed by atoms with Crippen molar-refractivity contribution in [3.8, 4) is 0 Å². The Morgan fingerprint density at radius 2 is 1.61 bits per heavy atom. The zero-order chi connectivity index (χ0) is 13.3. The van der Waals surface area contributed by atoms with Gasteiger partial charge in [-0.3, -0.25) is 4.79 Å². The minimum Gasteiger partial charge on any atom is -0.294 e. The summed E-state index contributed by atoms with van der Waals surface area (Å²) in [4.78, 5) is 12.6. The van der Waals surface area contributed by atoms with Gasteiger partial charge in [-0.15, -0.1) is 0 Å². The van der Waals surface area contributed by atoms with E-state index >= 15 is 0 Å². The fourth-order valence-electron chi connectivity index (χ4n) is 3.14. The molecule has 0 spiro atoms. The molecule has 2 rings (SSSR count). The van der Waals surface area contributed by atoms with Crippen molar-refractivity contribution in [3.05, 3.63) is 34.9 Å². The lowest BCUT2D eigenvalue weighted by atomic mass is 9.73. The molecule has 1 aromatic carbocycles. The lowest BCUT2D eigenvalue weighted by Gasteiger charge is -2.31. The van der Waals surface area contributed by atoms with Crippen LogP contribution in [0.3, 0.4) is 0 Å². The van der Waals surface area contributed by atoms with Crippen molar-refractivity contribution in [2.45, 2.75) is 47.0 Å². The van der Waals surface area contributed by atoms with Crippen molar-refractivity contribution in [1.82, 2.24) is 0 Å². The van der Waals surface area contributed by atoms with E-state index in [4.69, 9.17) is 0 Å².